The van der Waals surface area contributed by atoms with Gasteiger partial charge < -0.3 is 9.30 Å². The highest BCUT2D eigenvalue weighted by Crippen LogP contribution is 2.38. The van der Waals surface area contributed by atoms with Crippen molar-refractivity contribution in [2.75, 3.05) is 4.90 Å². The van der Waals surface area contributed by atoms with Crippen LogP contribution in [-0.4, -0.2) is 15.7 Å². The molecule has 2 heterocycles. The Bertz CT molecular complexity index is 1330. The second kappa shape index (κ2) is 8.40. The number of aromatic nitrogens is 1. The zero-order chi connectivity index (χ0) is 22.1. The minimum absolute atomic E-state index is 0.248. The Balaban J connectivity index is 1.38. The number of para-hydroxylation sites is 1. The van der Waals surface area contributed by atoms with Crippen molar-refractivity contribution in [3.05, 3.63) is 108 Å². The number of benzene rings is 3. The number of anilines is 1. The summed E-state index contributed by atoms with van der Waals surface area (Å²) in [5.74, 6) is 0.447. The molecule has 3 aromatic carbocycles. The highest BCUT2D eigenvalue weighted by atomic mass is 32.2. The quantitative estimate of drug-likeness (QED) is 0.346. The van der Waals surface area contributed by atoms with E-state index < -0.39 is 0 Å². The molecule has 2 amide bonds. The summed E-state index contributed by atoms with van der Waals surface area (Å²) >= 11 is 0.878. The van der Waals surface area contributed by atoms with Crippen molar-refractivity contribution < 1.29 is 14.3 Å². The molecule has 1 aliphatic rings. The first-order valence-electron chi connectivity index (χ1n) is 10.2. The smallest absolute Gasteiger partial charge is 0.298 e. The molecule has 1 aromatic heterocycles. The second-order valence-electron chi connectivity index (χ2n) is 7.51. The summed E-state index contributed by atoms with van der Waals surface area (Å²) in [6.07, 6.45) is 1.86. The number of thioether (sulfide) groups is 1. The van der Waals surface area contributed by atoms with Gasteiger partial charge in [-0.1, -0.05) is 67.2 Å². The van der Waals surface area contributed by atoms with Crippen molar-refractivity contribution in [2.45, 2.75) is 13.2 Å². The number of rotatable bonds is 6. The molecule has 6 heteroatoms. The molecule has 0 N–H and O–H groups in total. The molecule has 158 valence electrons. The number of imide groups is 1. The Hall–Kier alpha value is -3.77. The van der Waals surface area contributed by atoms with E-state index >= 15 is 0 Å². The van der Waals surface area contributed by atoms with Crippen molar-refractivity contribution in [1.82, 2.24) is 4.57 Å². The summed E-state index contributed by atoms with van der Waals surface area (Å²) in [4.78, 5) is 26.3. The van der Waals surface area contributed by atoms with E-state index in [-0.39, 0.29) is 16.1 Å². The Morgan fingerprint density at radius 1 is 0.844 bits per heavy atom. The minimum Gasteiger partial charge on any atom is -0.489 e. The van der Waals surface area contributed by atoms with Crippen molar-refractivity contribution in [3.63, 3.8) is 0 Å². The third-order valence-electron chi connectivity index (χ3n) is 5.37. The van der Waals surface area contributed by atoms with Crippen LogP contribution in [-0.2, 0) is 17.9 Å². The molecule has 5 rings (SSSR count). The number of carbonyl (C=O) groups excluding carboxylic acids is 2. The van der Waals surface area contributed by atoms with Crippen LogP contribution in [0.1, 0.15) is 11.1 Å². The Morgan fingerprint density at radius 3 is 2.28 bits per heavy atom. The molecule has 0 radical (unpaired) electrons. The van der Waals surface area contributed by atoms with E-state index in [1.165, 1.54) is 4.90 Å². The van der Waals surface area contributed by atoms with Crippen LogP contribution in [0.2, 0.25) is 0 Å². The Kier molecular flexibility index (Phi) is 5.29. The maximum atomic E-state index is 12.5. The highest BCUT2D eigenvalue weighted by molar-refractivity contribution is 8.18. The first-order chi connectivity index (χ1) is 15.6. The van der Waals surface area contributed by atoms with Gasteiger partial charge >= 0.3 is 0 Å². The first-order valence-corrected chi connectivity index (χ1v) is 11.0. The van der Waals surface area contributed by atoms with E-state index in [2.05, 4.69) is 11.1 Å². The van der Waals surface area contributed by atoms with Crippen LogP contribution in [0.3, 0.4) is 0 Å². The van der Waals surface area contributed by atoms with Crippen molar-refractivity contribution >= 4 is 39.5 Å². The molecule has 32 heavy (non-hydrogen) atoms. The van der Waals surface area contributed by atoms with Gasteiger partial charge in [0.2, 0.25) is 0 Å². The largest absolute Gasteiger partial charge is 0.489 e. The maximum absolute atomic E-state index is 12.5. The summed E-state index contributed by atoms with van der Waals surface area (Å²) in [6, 6.07) is 25.8. The van der Waals surface area contributed by atoms with Crippen molar-refractivity contribution in [1.29, 1.82) is 0 Å². The number of nitrogens with zero attached hydrogens (tertiary/aromatic N) is 2. The number of carbonyl (C=O) groups is 2. The predicted molar refractivity (Wildman–Crippen MR) is 128 cm³/mol. The van der Waals surface area contributed by atoms with Crippen LogP contribution < -0.4 is 9.64 Å². The summed E-state index contributed by atoms with van der Waals surface area (Å²) in [7, 11) is 0. The monoisotopic (exact) mass is 440 g/mol. The lowest BCUT2D eigenvalue weighted by atomic mass is 10.2. The Morgan fingerprint density at radius 2 is 1.56 bits per heavy atom. The standard InChI is InChI=1S/C26H20N2O3S/c1-18-25(29)28(26(30)32-18)24-16-27(23-10-6-5-9-22(23)24)15-19-11-13-21(14-12-19)31-17-20-7-3-2-4-8-20/h2-14,16H,1,15,17H2. The number of fused-ring (bicyclic) bond motifs is 1. The average Bonchev–Trinajstić information content (AvgIpc) is 3.29. The summed E-state index contributed by atoms with van der Waals surface area (Å²) < 4.78 is 7.93. The van der Waals surface area contributed by atoms with E-state index in [0.29, 0.717) is 18.8 Å². The van der Waals surface area contributed by atoms with Gasteiger partial charge in [0.05, 0.1) is 16.1 Å². The van der Waals surface area contributed by atoms with Gasteiger partial charge in [0, 0.05) is 18.1 Å². The van der Waals surface area contributed by atoms with Crippen LogP contribution in [0, 0.1) is 0 Å². The molecular weight excluding hydrogens is 420 g/mol. The average molecular weight is 441 g/mol. The molecule has 4 aromatic rings. The van der Waals surface area contributed by atoms with Crippen molar-refractivity contribution in [3.8, 4) is 5.75 Å². The molecule has 0 spiro atoms. The lowest BCUT2D eigenvalue weighted by Crippen LogP contribution is -2.27. The van der Waals surface area contributed by atoms with Gasteiger partial charge in [0.1, 0.15) is 12.4 Å². The van der Waals surface area contributed by atoms with Gasteiger partial charge in [0.15, 0.2) is 0 Å². The second-order valence-corrected chi connectivity index (χ2v) is 8.56. The lowest BCUT2D eigenvalue weighted by Gasteiger charge is -2.10. The predicted octanol–water partition coefficient (Wildman–Crippen LogP) is 5.98. The van der Waals surface area contributed by atoms with Gasteiger partial charge in [0.25, 0.3) is 11.1 Å². The molecule has 0 unspecified atom stereocenters. The topological polar surface area (TPSA) is 51.5 Å². The zero-order valence-corrected chi connectivity index (χ0v) is 18.0. The fraction of sp³-hybridized carbons (Fsp3) is 0.0769. The number of hydrogen-bond donors (Lipinski definition) is 0. The minimum atomic E-state index is -0.358. The van der Waals surface area contributed by atoms with Crippen LogP contribution in [0.5, 0.6) is 5.75 Å². The summed E-state index contributed by atoms with van der Waals surface area (Å²) in [5.41, 5.74) is 3.75. The first kappa shape index (κ1) is 20.2. The van der Waals surface area contributed by atoms with Crippen LogP contribution in [0.15, 0.2) is 96.5 Å². The molecule has 1 saturated heterocycles. The van der Waals surface area contributed by atoms with E-state index in [1.807, 2.05) is 85.1 Å². The molecule has 1 aliphatic heterocycles. The van der Waals surface area contributed by atoms with E-state index in [0.717, 1.165) is 39.5 Å². The van der Waals surface area contributed by atoms with Gasteiger partial charge in [-0.2, -0.15) is 0 Å². The number of hydrogen-bond acceptors (Lipinski definition) is 4. The maximum Gasteiger partial charge on any atom is 0.298 e. The van der Waals surface area contributed by atoms with Gasteiger partial charge in [-0.25, -0.2) is 4.90 Å². The molecule has 0 aliphatic carbocycles. The van der Waals surface area contributed by atoms with E-state index in [1.54, 1.807) is 0 Å². The molecule has 0 bridgehead atoms. The third-order valence-corrected chi connectivity index (χ3v) is 6.15. The molecular formula is C26H20N2O3S. The molecule has 0 atom stereocenters. The zero-order valence-electron chi connectivity index (χ0n) is 17.2. The Labute approximate surface area is 189 Å². The molecule has 5 nitrogen and oxygen atoms in total. The van der Waals surface area contributed by atoms with E-state index in [4.69, 9.17) is 4.74 Å². The summed E-state index contributed by atoms with van der Waals surface area (Å²) in [5, 5.41) is 0.537. The fourth-order valence-corrected chi connectivity index (χ4v) is 4.44. The normalized spacial score (nSPS) is 13.9. The van der Waals surface area contributed by atoms with Gasteiger partial charge in [-0.3, -0.25) is 9.59 Å². The van der Waals surface area contributed by atoms with Gasteiger partial charge in [-0.05, 0) is 41.1 Å². The number of amides is 2. The van der Waals surface area contributed by atoms with Crippen LogP contribution in [0.4, 0.5) is 10.5 Å². The van der Waals surface area contributed by atoms with Gasteiger partial charge in [-0.15, -0.1) is 0 Å². The van der Waals surface area contributed by atoms with Crippen molar-refractivity contribution in [2.24, 2.45) is 0 Å². The fourth-order valence-electron chi connectivity index (χ4n) is 3.78. The SMILES string of the molecule is C=C1SC(=O)N(c2cn(Cc3ccc(OCc4ccccc4)cc3)c3ccccc23)C1=O. The lowest BCUT2D eigenvalue weighted by molar-refractivity contribution is -0.113. The number of ether oxygens (including phenoxy) is 1. The molecule has 0 saturated carbocycles. The molecule has 1 fully saturated rings. The summed E-state index contributed by atoms with van der Waals surface area (Å²) in [6.45, 7) is 4.81. The van der Waals surface area contributed by atoms with Crippen LogP contribution in [0.25, 0.3) is 10.9 Å². The third kappa shape index (κ3) is 3.81. The van der Waals surface area contributed by atoms with Crippen LogP contribution >= 0.6 is 11.8 Å². The highest BCUT2D eigenvalue weighted by Gasteiger charge is 2.36. The van der Waals surface area contributed by atoms with E-state index in [9.17, 15) is 9.59 Å².